The van der Waals surface area contributed by atoms with Crippen LogP contribution in [0.15, 0.2) is 0 Å². The van der Waals surface area contributed by atoms with Gasteiger partial charge in [0, 0.05) is 0 Å². The number of rotatable bonds is 2. The van der Waals surface area contributed by atoms with Crippen molar-refractivity contribution in [3.05, 3.63) is 0 Å². The smallest absolute Gasteiger partial charge is 0.103 e. The largest absolute Gasteiger partial charge is 0.361 e. The van der Waals surface area contributed by atoms with Gasteiger partial charge in [0.05, 0.1) is 6.10 Å². The fourth-order valence-electron chi connectivity index (χ4n) is 1.50. The summed E-state index contributed by atoms with van der Waals surface area (Å²) in [6, 6.07) is 0. The van der Waals surface area contributed by atoms with Crippen LogP contribution in [0.1, 0.15) is 39.0 Å². The van der Waals surface area contributed by atoms with Crippen molar-refractivity contribution in [2.75, 3.05) is 0 Å². The minimum absolute atomic E-state index is 0.0805. The third-order valence-corrected chi connectivity index (χ3v) is 1.96. The molecule has 1 aliphatic rings. The molecule has 0 aliphatic heterocycles. The van der Waals surface area contributed by atoms with Gasteiger partial charge in [0.1, 0.15) is 6.23 Å². The average Bonchev–Trinajstić information content (AvgIpc) is 1.88. The Balaban J connectivity index is 2.13. The molecule has 0 spiro atoms. The molecule has 1 saturated carbocycles. The lowest BCUT2D eigenvalue weighted by Gasteiger charge is -2.23. The maximum Gasteiger partial charge on any atom is 0.103 e. The summed E-state index contributed by atoms with van der Waals surface area (Å²) in [5, 5.41) is 0. The van der Waals surface area contributed by atoms with Gasteiger partial charge in [0.25, 0.3) is 0 Å². The van der Waals surface area contributed by atoms with E-state index in [4.69, 9.17) is 10.5 Å². The Kier molecular flexibility index (Phi) is 3.16. The van der Waals surface area contributed by atoms with E-state index >= 15 is 0 Å². The van der Waals surface area contributed by atoms with Crippen molar-refractivity contribution in [3.8, 4) is 0 Å². The van der Waals surface area contributed by atoms with Gasteiger partial charge in [-0.3, -0.25) is 0 Å². The molecule has 0 heterocycles. The predicted molar refractivity (Wildman–Crippen MR) is 41.6 cm³/mol. The van der Waals surface area contributed by atoms with Crippen LogP contribution in [0.3, 0.4) is 0 Å². The first kappa shape index (κ1) is 8.02. The first-order valence-corrected chi connectivity index (χ1v) is 4.20. The molecule has 10 heavy (non-hydrogen) atoms. The van der Waals surface area contributed by atoms with Gasteiger partial charge >= 0.3 is 0 Å². The second kappa shape index (κ2) is 3.94. The Hall–Kier alpha value is -0.0800. The minimum Gasteiger partial charge on any atom is -0.361 e. The van der Waals surface area contributed by atoms with E-state index in [0.29, 0.717) is 6.10 Å². The standard InChI is InChI=1S/C8H17NO/c1-7(9)10-8-5-3-2-4-6-8/h7-8H,2-6,9H2,1H3. The Bertz CT molecular complexity index is 87.3. The van der Waals surface area contributed by atoms with Gasteiger partial charge in [-0.1, -0.05) is 19.3 Å². The van der Waals surface area contributed by atoms with Crippen LogP contribution in [0.4, 0.5) is 0 Å². The minimum atomic E-state index is -0.0805. The summed E-state index contributed by atoms with van der Waals surface area (Å²) in [5.74, 6) is 0. The summed E-state index contributed by atoms with van der Waals surface area (Å²) < 4.78 is 5.47. The van der Waals surface area contributed by atoms with Crippen molar-refractivity contribution in [3.63, 3.8) is 0 Å². The van der Waals surface area contributed by atoms with Gasteiger partial charge in [0.2, 0.25) is 0 Å². The lowest BCUT2D eigenvalue weighted by molar-refractivity contribution is -0.0175. The molecule has 1 unspecified atom stereocenters. The zero-order chi connectivity index (χ0) is 7.40. The molecule has 0 radical (unpaired) electrons. The van der Waals surface area contributed by atoms with Crippen molar-refractivity contribution in [2.45, 2.75) is 51.4 Å². The van der Waals surface area contributed by atoms with Crippen molar-refractivity contribution in [1.82, 2.24) is 0 Å². The quantitative estimate of drug-likeness (QED) is 0.596. The highest BCUT2D eigenvalue weighted by molar-refractivity contribution is 4.65. The average molecular weight is 143 g/mol. The molecule has 1 aliphatic carbocycles. The second-order valence-corrected chi connectivity index (χ2v) is 3.10. The molecule has 1 atom stereocenters. The SMILES string of the molecule is CC(N)OC1CCCCC1. The van der Waals surface area contributed by atoms with Crippen molar-refractivity contribution >= 4 is 0 Å². The molecule has 60 valence electrons. The molecule has 0 aromatic heterocycles. The van der Waals surface area contributed by atoms with Crippen molar-refractivity contribution in [1.29, 1.82) is 0 Å². The monoisotopic (exact) mass is 143 g/mol. The van der Waals surface area contributed by atoms with Crippen LogP contribution in [0.2, 0.25) is 0 Å². The number of hydrogen-bond acceptors (Lipinski definition) is 2. The van der Waals surface area contributed by atoms with Crippen LogP contribution in [0, 0.1) is 0 Å². The van der Waals surface area contributed by atoms with Gasteiger partial charge in [-0.05, 0) is 19.8 Å². The van der Waals surface area contributed by atoms with E-state index < -0.39 is 0 Å². The molecule has 2 heteroatoms. The summed E-state index contributed by atoms with van der Waals surface area (Å²) in [5.41, 5.74) is 5.50. The van der Waals surface area contributed by atoms with Gasteiger partial charge in [-0.2, -0.15) is 0 Å². The Morgan fingerprint density at radius 1 is 1.30 bits per heavy atom. The molecular weight excluding hydrogens is 126 g/mol. The number of ether oxygens (including phenoxy) is 1. The summed E-state index contributed by atoms with van der Waals surface area (Å²) >= 11 is 0. The second-order valence-electron chi connectivity index (χ2n) is 3.10. The van der Waals surface area contributed by atoms with Crippen LogP contribution in [0.25, 0.3) is 0 Å². The molecule has 0 amide bonds. The normalized spacial score (nSPS) is 24.6. The van der Waals surface area contributed by atoms with Gasteiger partial charge in [-0.25, -0.2) is 0 Å². The highest BCUT2D eigenvalue weighted by Crippen LogP contribution is 2.20. The Morgan fingerprint density at radius 3 is 2.40 bits per heavy atom. The first-order chi connectivity index (χ1) is 4.79. The number of nitrogens with two attached hydrogens (primary N) is 1. The van der Waals surface area contributed by atoms with Crippen LogP contribution in [-0.2, 0) is 4.74 Å². The first-order valence-electron chi connectivity index (χ1n) is 4.20. The van der Waals surface area contributed by atoms with E-state index in [1.54, 1.807) is 0 Å². The molecule has 0 aromatic rings. The molecule has 2 N–H and O–H groups in total. The topological polar surface area (TPSA) is 35.2 Å². The molecule has 1 fully saturated rings. The highest BCUT2D eigenvalue weighted by atomic mass is 16.5. The zero-order valence-corrected chi connectivity index (χ0v) is 6.68. The lowest BCUT2D eigenvalue weighted by atomic mass is 9.98. The van der Waals surface area contributed by atoms with Gasteiger partial charge in [-0.15, -0.1) is 0 Å². The Labute approximate surface area is 62.7 Å². The van der Waals surface area contributed by atoms with E-state index in [-0.39, 0.29) is 6.23 Å². The maximum absolute atomic E-state index is 5.50. The van der Waals surface area contributed by atoms with Crippen LogP contribution >= 0.6 is 0 Å². The summed E-state index contributed by atoms with van der Waals surface area (Å²) in [7, 11) is 0. The molecule has 0 saturated heterocycles. The third kappa shape index (κ3) is 2.67. The van der Waals surface area contributed by atoms with Crippen molar-refractivity contribution < 1.29 is 4.74 Å². The van der Waals surface area contributed by atoms with E-state index in [1.807, 2.05) is 6.92 Å². The van der Waals surface area contributed by atoms with E-state index in [2.05, 4.69) is 0 Å². The van der Waals surface area contributed by atoms with E-state index in [1.165, 1.54) is 32.1 Å². The van der Waals surface area contributed by atoms with Crippen molar-refractivity contribution in [2.24, 2.45) is 5.73 Å². The third-order valence-electron chi connectivity index (χ3n) is 1.96. The molecule has 2 nitrogen and oxygen atoms in total. The fraction of sp³-hybridized carbons (Fsp3) is 1.00. The molecular formula is C8H17NO. The lowest BCUT2D eigenvalue weighted by Crippen LogP contribution is -2.27. The number of hydrogen-bond donors (Lipinski definition) is 1. The Morgan fingerprint density at radius 2 is 1.90 bits per heavy atom. The van der Waals surface area contributed by atoms with E-state index in [9.17, 15) is 0 Å². The predicted octanol–water partition coefficient (Wildman–Crippen LogP) is 1.64. The van der Waals surface area contributed by atoms with Crippen LogP contribution in [0.5, 0.6) is 0 Å². The fourth-order valence-corrected chi connectivity index (χ4v) is 1.50. The summed E-state index contributed by atoms with van der Waals surface area (Å²) in [4.78, 5) is 0. The zero-order valence-electron chi connectivity index (χ0n) is 6.68. The maximum atomic E-state index is 5.50. The molecule has 0 aromatic carbocycles. The molecule has 0 bridgehead atoms. The summed E-state index contributed by atoms with van der Waals surface area (Å²) in [6.45, 7) is 1.90. The highest BCUT2D eigenvalue weighted by Gasteiger charge is 2.14. The van der Waals surface area contributed by atoms with Crippen LogP contribution < -0.4 is 5.73 Å². The van der Waals surface area contributed by atoms with Crippen LogP contribution in [-0.4, -0.2) is 12.3 Å². The van der Waals surface area contributed by atoms with Gasteiger partial charge in [0.15, 0.2) is 0 Å². The van der Waals surface area contributed by atoms with Gasteiger partial charge < -0.3 is 10.5 Å². The summed E-state index contributed by atoms with van der Waals surface area (Å²) in [6.07, 6.45) is 6.80. The molecule has 1 rings (SSSR count). The van der Waals surface area contributed by atoms with E-state index in [0.717, 1.165) is 0 Å².